The van der Waals surface area contributed by atoms with Crippen molar-refractivity contribution in [3.05, 3.63) is 60.3 Å². The van der Waals surface area contributed by atoms with Crippen molar-refractivity contribution in [3.8, 4) is 5.75 Å². The fourth-order valence-corrected chi connectivity index (χ4v) is 5.21. The topological polar surface area (TPSA) is 63.6 Å². The first-order chi connectivity index (χ1) is 16.1. The van der Waals surface area contributed by atoms with Gasteiger partial charge in [0.1, 0.15) is 5.75 Å². The lowest BCUT2D eigenvalue weighted by Crippen LogP contribution is -2.38. The van der Waals surface area contributed by atoms with Gasteiger partial charge in [0.15, 0.2) is 0 Å². The second-order valence-electron chi connectivity index (χ2n) is 8.51. The first-order valence-electron chi connectivity index (χ1n) is 11.5. The van der Waals surface area contributed by atoms with Gasteiger partial charge < -0.3 is 19.5 Å². The number of hydrogen-bond acceptors (Lipinski definition) is 4. The zero-order valence-corrected chi connectivity index (χ0v) is 20.1. The summed E-state index contributed by atoms with van der Waals surface area (Å²) in [7, 11) is 1.56. The number of fused-ring (bicyclic) bond motifs is 1. The van der Waals surface area contributed by atoms with E-state index in [-0.39, 0.29) is 11.8 Å². The van der Waals surface area contributed by atoms with Gasteiger partial charge in [-0.2, -0.15) is 0 Å². The quantitative estimate of drug-likeness (QED) is 0.500. The van der Waals surface area contributed by atoms with Crippen LogP contribution in [0.1, 0.15) is 30.1 Å². The predicted octanol–water partition coefficient (Wildman–Crippen LogP) is 4.43. The number of carbonyl (C=O) groups excluding carboxylic acids is 2. The van der Waals surface area contributed by atoms with Crippen molar-refractivity contribution < 1.29 is 14.3 Å². The van der Waals surface area contributed by atoms with Gasteiger partial charge in [0.25, 0.3) is 5.91 Å². The fraction of sp³-hybridized carbons (Fsp3) is 0.385. The second kappa shape index (κ2) is 10.8. The van der Waals surface area contributed by atoms with Crippen molar-refractivity contribution in [2.45, 2.75) is 31.2 Å². The molecule has 1 fully saturated rings. The van der Waals surface area contributed by atoms with Crippen molar-refractivity contribution in [2.75, 3.05) is 32.5 Å². The molecule has 0 atom stereocenters. The van der Waals surface area contributed by atoms with Crippen LogP contribution in [0.4, 0.5) is 0 Å². The number of benzene rings is 2. The van der Waals surface area contributed by atoms with Crippen LogP contribution in [0.25, 0.3) is 10.9 Å². The van der Waals surface area contributed by atoms with Crippen LogP contribution < -0.4 is 10.1 Å². The SMILES string of the molecule is COc1ccccc1C(=O)NCCn1cc(SCC(=O)N2CCC(C)CC2)c2ccccc21. The van der Waals surface area contributed by atoms with Gasteiger partial charge in [0, 0.05) is 48.2 Å². The molecular weight excluding hydrogens is 434 g/mol. The second-order valence-corrected chi connectivity index (χ2v) is 9.53. The molecule has 0 bridgehead atoms. The van der Waals surface area contributed by atoms with Gasteiger partial charge in [-0.1, -0.05) is 37.3 Å². The number of aromatic nitrogens is 1. The van der Waals surface area contributed by atoms with Crippen molar-refractivity contribution >= 4 is 34.5 Å². The number of carbonyl (C=O) groups is 2. The monoisotopic (exact) mass is 465 g/mol. The Hall–Kier alpha value is -2.93. The van der Waals surface area contributed by atoms with Crippen molar-refractivity contribution in [2.24, 2.45) is 5.92 Å². The Kier molecular flexibility index (Phi) is 7.60. The first-order valence-corrected chi connectivity index (χ1v) is 12.4. The Morgan fingerprint density at radius 3 is 2.61 bits per heavy atom. The molecule has 2 aromatic carbocycles. The molecule has 2 heterocycles. The van der Waals surface area contributed by atoms with Crippen LogP contribution >= 0.6 is 11.8 Å². The van der Waals surface area contributed by atoms with E-state index in [1.54, 1.807) is 31.0 Å². The largest absolute Gasteiger partial charge is 0.496 e. The van der Waals surface area contributed by atoms with Crippen LogP contribution in [0.2, 0.25) is 0 Å². The van der Waals surface area contributed by atoms with Gasteiger partial charge in [-0.15, -0.1) is 11.8 Å². The van der Waals surface area contributed by atoms with Crippen molar-refractivity contribution in [1.82, 2.24) is 14.8 Å². The number of hydrogen-bond donors (Lipinski definition) is 1. The maximum atomic E-state index is 12.7. The van der Waals surface area contributed by atoms with E-state index in [1.165, 1.54) is 0 Å². The van der Waals surface area contributed by atoms with Crippen LogP contribution in [0.5, 0.6) is 5.75 Å². The Morgan fingerprint density at radius 2 is 1.82 bits per heavy atom. The van der Waals surface area contributed by atoms with E-state index in [2.05, 4.69) is 35.1 Å². The summed E-state index contributed by atoms with van der Waals surface area (Å²) >= 11 is 1.60. The normalized spacial score (nSPS) is 14.4. The number of para-hydroxylation sites is 2. The summed E-state index contributed by atoms with van der Waals surface area (Å²) in [5.74, 6) is 1.79. The number of methoxy groups -OCH3 is 1. The minimum absolute atomic E-state index is 0.153. The van der Waals surface area contributed by atoms with Gasteiger partial charge in [-0.05, 0) is 37.0 Å². The number of thioether (sulfide) groups is 1. The van der Waals surface area contributed by atoms with Gasteiger partial charge in [-0.3, -0.25) is 9.59 Å². The lowest BCUT2D eigenvalue weighted by molar-refractivity contribution is -0.129. The van der Waals surface area contributed by atoms with Gasteiger partial charge >= 0.3 is 0 Å². The standard InChI is InChI=1S/C26H31N3O3S/c1-19-11-14-28(15-12-19)25(30)18-33-24-17-29(22-9-5-3-7-20(22)24)16-13-27-26(31)21-8-4-6-10-23(21)32-2/h3-10,17,19H,11-16,18H2,1-2H3,(H,27,31). The molecular formula is C26H31N3O3S. The molecule has 3 aromatic rings. The Labute approximate surface area is 199 Å². The summed E-state index contributed by atoms with van der Waals surface area (Å²) in [5.41, 5.74) is 1.63. The summed E-state index contributed by atoms with van der Waals surface area (Å²) in [6.45, 7) is 5.12. The van der Waals surface area contributed by atoms with Gasteiger partial charge in [-0.25, -0.2) is 0 Å². The average molecular weight is 466 g/mol. The molecule has 1 aliphatic rings. The molecule has 0 unspecified atom stereocenters. The number of likely N-dealkylation sites (tertiary alicyclic amines) is 1. The summed E-state index contributed by atoms with van der Waals surface area (Å²) in [4.78, 5) is 28.4. The van der Waals surface area contributed by atoms with E-state index in [1.807, 2.05) is 29.2 Å². The van der Waals surface area contributed by atoms with Crippen LogP contribution in [-0.4, -0.2) is 53.8 Å². The molecule has 174 valence electrons. The molecule has 1 aliphatic heterocycles. The maximum absolute atomic E-state index is 12.7. The van der Waals surface area contributed by atoms with Crippen LogP contribution in [0.15, 0.2) is 59.6 Å². The third-order valence-corrected chi connectivity index (χ3v) is 7.26. The molecule has 0 radical (unpaired) electrons. The van der Waals surface area contributed by atoms with Crippen LogP contribution in [0, 0.1) is 5.92 Å². The summed E-state index contributed by atoms with van der Waals surface area (Å²) in [6.07, 6.45) is 4.28. The smallest absolute Gasteiger partial charge is 0.255 e. The zero-order valence-electron chi connectivity index (χ0n) is 19.3. The average Bonchev–Trinajstić information content (AvgIpc) is 3.20. The van der Waals surface area contributed by atoms with Crippen molar-refractivity contribution in [1.29, 1.82) is 0 Å². The fourth-order valence-electron chi connectivity index (χ4n) is 4.22. The number of nitrogens with one attached hydrogen (secondary N) is 1. The molecule has 0 saturated carbocycles. The van der Waals surface area contributed by atoms with Gasteiger partial charge in [0.2, 0.25) is 5.91 Å². The molecule has 6 nitrogen and oxygen atoms in total. The highest BCUT2D eigenvalue weighted by atomic mass is 32.2. The van der Waals surface area contributed by atoms with E-state index < -0.39 is 0 Å². The zero-order chi connectivity index (χ0) is 23.2. The Balaban J connectivity index is 1.38. The molecule has 1 N–H and O–H groups in total. The summed E-state index contributed by atoms with van der Waals surface area (Å²) in [6, 6.07) is 15.4. The number of nitrogens with zero attached hydrogens (tertiary/aromatic N) is 2. The molecule has 7 heteroatoms. The maximum Gasteiger partial charge on any atom is 0.255 e. The Bertz CT molecular complexity index is 1120. The minimum atomic E-state index is -0.153. The van der Waals surface area contributed by atoms with E-state index in [0.29, 0.717) is 36.1 Å². The van der Waals surface area contributed by atoms with Crippen molar-refractivity contribution in [3.63, 3.8) is 0 Å². The minimum Gasteiger partial charge on any atom is -0.496 e. The van der Waals surface area contributed by atoms with E-state index >= 15 is 0 Å². The lowest BCUT2D eigenvalue weighted by Gasteiger charge is -2.30. The highest BCUT2D eigenvalue weighted by Crippen LogP contribution is 2.30. The molecule has 2 amide bonds. The number of rotatable bonds is 8. The lowest BCUT2D eigenvalue weighted by atomic mass is 9.99. The number of piperidine rings is 1. The third kappa shape index (κ3) is 5.53. The highest BCUT2D eigenvalue weighted by Gasteiger charge is 2.21. The molecule has 0 aliphatic carbocycles. The van der Waals surface area contributed by atoms with Crippen LogP contribution in [-0.2, 0) is 11.3 Å². The highest BCUT2D eigenvalue weighted by molar-refractivity contribution is 8.00. The molecule has 33 heavy (non-hydrogen) atoms. The van der Waals surface area contributed by atoms with E-state index in [4.69, 9.17) is 4.74 Å². The van der Waals surface area contributed by atoms with E-state index in [0.717, 1.165) is 41.7 Å². The van der Waals surface area contributed by atoms with E-state index in [9.17, 15) is 9.59 Å². The van der Waals surface area contributed by atoms with Crippen LogP contribution in [0.3, 0.4) is 0 Å². The third-order valence-electron chi connectivity index (χ3n) is 6.23. The molecule has 4 rings (SSSR count). The summed E-state index contributed by atoms with van der Waals surface area (Å²) < 4.78 is 7.43. The predicted molar refractivity (Wildman–Crippen MR) is 133 cm³/mol. The molecule has 1 saturated heterocycles. The first kappa shape index (κ1) is 23.2. The molecule has 0 spiro atoms. The number of ether oxygens (including phenoxy) is 1. The number of amides is 2. The molecule has 1 aromatic heterocycles. The Morgan fingerprint density at radius 1 is 1.09 bits per heavy atom. The van der Waals surface area contributed by atoms with Gasteiger partial charge in [0.05, 0.1) is 18.4 Å². The summed E-state index contributed by atoms with van der Waals surface area (Å²) in [5, 5.41) is 4.12.